The van der Waals surface area contributed by atoms with Crippen molar-refractivity contribution in [2.24, 2.45) is 29.1 Å². The van der Waals surface area contributed by atoms with Crippen molar-refractivity contribution in [1.29, 1.82) is 0 Å². The monoisotopic (exact) mass is 304 g/mol. The number of carbonyl (C=O) groups is 1. The summed E-state index contributed by atoms with van der Waals surface area (Å²) < 4.78 is 5.69. The van der Waals surface area contributed by atoms with E-state index in [1.54, 1.807) is 0 Å². The summed E-state index contributed by atoms with van der Waals surface area (Å²) in [5.41, 5.74) is 1.65. The molecule has 0 spiro atoms. The standard InChI is InChI=1S/C20H32O2/c1-7-8-17-18-10-9-16(13(2)3)12-20(18,6)14(4)11-19(17)22-15(5)21/h7,14,16-19H,1-2,8-12H2,3-6H3/t14-,16-,17+,18+,19-,20+/m1/s1. The van der Waals surface area contributed by atoms with E-state index in [2.05, 4.69) is 33.9 Å². The summed E-state index contributed by atoms with van der Waals surface area (Å²) in [7, 11) is 0. The fraction of sp³-hybridized carbons (Fsp3) is 0.750. The summed E-state index contributed by atoms with van der Waals surface area (Å²) in [6.07, 6.45) is 7.66. The Kier molecular flexibility index (Phi) is 5.19. The molecule has 0 unspecified atom stereocenters. The molecule has 0 heterocycles. The van der Waals surface area contributed by atoms with Crippen molar-refractivity contribution in [2.75, 3.05) is 0 Å². The second-order valence-electron chi connectivity index (χ2n) is 7.91. The van der Waals surface area contributed by atoms with Crippen molar-refractivity contribution >= 4 is 5.97 Å². The second-order valence-corrected chi connectivity index (χ2v) is 7.91. The molecule has 6 atom stereocenters. The molecule has 124 valence electrons. The van der Waals surface area contributed by atoms with Crippen LogP contribution in [0.5, 0.6) is 0 Å². The molecule has 0 aromatic heterocycles. The minimum Gasteiger partial charge on any atom is -0.462 e. The van der Waals surface area contributed by atoms with E-state index in [0.29, 0.717) is 29.1 Å². The molecule has 2 aliphatic rings. The lowest BCUT2D eigenvalue weighted by Gasteiger charge is -2.57. The van der Waals surface area contributed by atoms with Crippen LogP contribution < -0.4 is 0 Å². The molecule has 2 nitrogen and oxygen atoms in total. The fourth-order valence-electron chi connectivity index (χ4n) is 5.09. The normalized spacial score (nSPS) is 41.4. The largest absolute Gasteiger partial charge is 0.462 e. The Hall–Kier alpha value is -1.05. The number of rotatable bonds is 4. The smallest absolute Gasteiger partial charge is 0.302 e. The molecule has 0 radical (unpaired) electrons. The zero-order valence-electron chi connectivity index (χ0n) is 14.7. The van der Waals surface area contributed by atoms with Crippen LogP contribution in [0.4, 0.5) is 0 Å². The van der Waals surface area contributed by atoms with E-state index in [0.717, 1.165) is 12.8 Å². The van der Waals surface area contributed by atoms with Crippen LogP contribution in [0, 0.1) is 29.1 Å². The number of allylic oxidation sites excluding steroid dienone is 2. The lowest BCUT2D eigenvalue weighted by atomic mass is 9.49. The molecule has 0 saturated heterocycles. The average molecular weight is 304 g/mol. The third-order valence-electron chi connectivity index (χ3n) is 6.52. The topological polar surface area (TPSA) is 26.3 Å². The van der Waals surface area contributed by atoms with Crippen molar-refractivity contribution in [2.45, 2.75) is 65.9 Å². The SMILES string of the molecule is C=CC[C@@H]1[C@H](OC(C)=O)C[C@@H](C)[C@]2(C)C[C@H](C(=C)C)CC[C@@H]12. The Bertz CT molecular complexity index is 453. The van der Waals surface area contributed by atoms with Crippen LogP contribution in [0.1, 0.15) is 59.8 Å². The molecule has 0 N–H and O–H groups in total. The van der Waals surface area contributed by atoms with E-state index in [1.807, 2.05) is 6.08 Å². The molecular weight excluding hydrogens is 272 g/mol. The summed E-state index contributed by atoms with van der Waals surface area (Å²) >= 11 is 0. The van der Waals surface area contributed by atoms with Gasteiger partial charge in [0.1, 0.15) is 6.10 Å². The molecule has 2 aliphatic carbocycles. The Morgan fingerprint density at radius 3 is 2.59 bits per heavy atom. The summed E-state index contributed by atoms with van der Waals surface area (Å²) in [6.45, 7) is 16.6. The lowest BCUT2D eigenvalue weighted by Crippen LogP contribution is -2.52. The summed E-state index contributed by atoms with van der Waals surface area (Å²) in [6, 6.07) is 0. The lowest BCUT2D eigenvalue weighted by molar-refractivity contribution is -0.165. The van der Waals surface area contributed by atoms with E-state index >= 15 is 0 Å². The fourth-order valence-corrected chi connectivity index (χ4v) is 5.09. The molecule has 22 heavy (non-hydrogen) atoms. The molecule has 2 heteroatoms. The predicted octanol–water partition coefficient (Wildman–Crippen LogP) is 5.15. The van der Waals surface area contributed by atoms with Crippen molar-refractivity contribution < 1.29 is 9.53 Å². The third-order valence-corrected chi connectivity index (χ3v) is 6.52. The van der Waals surface area contributed by atoms with Gasteiger partial charge in [-0.2, -0.15) is 0 Å². The van der Waals surface area contributed by atoms with E-state index in [9.17, 15) is 4.79 Å². The Balaban J connectivity index is 2.27. The van der Waals surface area contributed by atoms with Crippen LogP contribution in [0.25, 0.3) is 0 Å². The first-order valence-corrected chi connectivity index (χ1v) is 8.73. The molecule has 2 fully saturated rings. The maximum atomic E-state index is 11.5. The van der Waals surface area contributed by atoms with Crippen molar-refractivity contribution in [3.05, 3.63) is 24.8 Å². The van der Waals surface area contributed by atoms with Gasteiger partial charge < -0.3 is 4.74 Å². The van der Waals surface area contributed by atoms with Crippen LogP contribution in [0.15, 0.2) is 24.8 Å². The van der Waals surface area contributed by atoms with Crippen molar-refractivity contribution in [1.82, 2.24) is 0 Å². The Labute approximate surface area is 136 Å². The number of hydrogen-bond acceptors (Lipinski definition) is 2. The summed E-state index contributed by atoms with van der Waals surface area (Å²) in [4.78, 5) is 11.5. The highest BCUT2D eigenvalue weighted by Crippen LogP contribution is 2.58. The second kappa shape index (κ2) is 6.60. The number of ether oxygens (including phenoxy) is 1. The molecule has 2 rings (SSSR count). The number of esters is 1. The van der Waals surface area contributed by atoms with Gasteiger partial charge in [-0.15, -0.1) is 6.58 Å². The minimum absolute atomic E-state index is 0.0601. The zero-order valence-corrected chi connectivity index (χ0v) is 14.7. The quantitative estimate of drug-likeness (QED) is 0.530. The van der Waals surface area contributed by atoms with Gasteiger partial charge in [0.25, 0.3) is 0 Å². The predicted molar refractivity (Wildman–Crippen MR) is 91.4 cm³/mol. The molecule has 2 saturated carbocycles. The van der Waals surface area contributed by atoms with Gasteiger partial charge in [-0.05, 0) is 62.2 Å². The first kappa shape index (κ1) is 17.3. The third kappa shape index (κ3) is 3.16. The van der Waals surface area contributed by atoms with Gasteiger partial charge in [0.15, 0.2) is 0 Å². The first-order chi connectivity index (χ1) is 10.3. The van der Waals surface area contributed by atoms with Crippen LogP contribution in [-0.2, 0) is 9.53 Å². The van der Waals surface area contributed by atoms with Crippen LogP contribution in [0.3, 0.4) is 0 Å². The number of carbonyl (C=O) groups excluding carboxylic acids is 1. The highest BCUT2D eigenvalue weighted by molar-refractivity contribution is 5.66. The van der Waals surface area contributed by atoms with Crippen LogP contribution in [0.2, 0.25) is 0 Å². The first-order valence-electron chi connectivity index (χ1n) is 8.73. The van der Waals surface area contributed by atoms with Crippen LogP contribution >= 0.6 is 0 Å². The van der Waals surface area contributed by atoms with E-state index in [4.69, 9.17) is 4.74 Å². The minimum atomic E-state index is -0.148. The van der Waals surface area contributed by atoms with Crippen molar-refractivity contribution in [3.63, 3.8) is 0 Å². The molecule has 0 amide bonds. The van der Waals surface area contributed by atoms with Crippen molar-refractivity contribution in [3.8, 4) is 0 Å². The number of fused-ring (bicyclic) bond motifs is 1. The van der Waals surface area contributed by atoms with Gasteiger partial charge in [-0.25, -0.2) is 0 Å². The van der Waals surface area contributed by atoms with E-state index in [-0.39, 0.29) is 12.1 Å². The Morgan fingerprint density at radius 1 is 1.36 bits per heavy atom. The molecular formula is C20H32O2. The molecule has 0 aromatic carbocycles. The van der Waals surface area contributed by atoms with Gasteiger partial charge in [0, 0.05) is 12.8 Å². The number of hydrogen-bond donors (Lipinski definition) is 0. The van der Waals surface area contributed by atoms with E-state index < -0.39 is 0 Å². The average Bonchev–Trinajstić information content (AvgIpc) is 2.42. The van der Waals surface area contributed by atoms with Gasteiger partial charge in [0.2, 0.25) is 0 Å². The summed E-state index contributed by atoms with van der Waals surface area (Å²) in [5, 5.41) is 0. The van der Waals surface area contributed by atoms with Crippen LogP contribution in [-0.4, -0.2) is 12.1 Å². The zero-order chi connectivity index (χ0) is 16.5. The highest BCUT2D eigenvalue weighted by Gasteiger charge is 2.53. The maximum absolute atomic E-state index is 11.5. The molecule has 0 aliphatic heterocycles. The van der Waals surface area contributed by atoms with Gasteiger partial charge >= 0.3 is 5.97 Å². The Morgan fingerprint density at radius 2 is 2.05 bits per heavy atom. The molecule has 0 aromatic rings. The molecule has 0 bridgehead atoms. The van der Waals surface area contributed by atoms with Gasteiger partial charge in [-0.3, -0.25) is 4.79 Å². The summed E-state index contributed by atoms with van der Waals surface area (Å²) in [5.74, 6) is 2.12. The van der Waals surface area contributed by atoms with Gasteiger partial charge in [-0.1, -0.05) is 32.1 Å². The van der Waals surface area contributed by atoms with E-state index in [1.165, 1.54) is 31.8 Å². The van der Waals surface area contributed by atoms with Gasteiger partial charge in [0.05, 0.1) is 0 Å². The highest BCUT2D eigenvalue weighted by atomic mass is 16.5. The maximum Gasteiger partial charge on any atom is 0.302 e.